The largest absolute Gasteiger partial charge is 0.496 e. The van der Waals surface area contributed by atoms with E-state index in [-0.39, 0.29) is 22.7 Å². The van der Waals surface area contributed by atoms with Crippen molar-refractivity contribution in [2.45, 2.75) is 0 Å². The van der Waals surface area contributed by atoms with Crippen molar-refractivity contribution in [3.05, 3.63) is 77.0 Å². The van der Waals surface area contributed by atoms with Gasteiger partial charge in [-0.15, -0.1) is 6.42 Å². The minimum atomic E-state index is -0.797. The predicted molar refractivity (Wildman–Crippen MR) is 128 cm³/mol. The first-order chi connectivity index (χ1) is 15.7. The molecule has 0 bridgehead atoms. The van der Waals surface area contributed by atoms with Gasteiger partial charge in [0.1, 0.15) is 17.4 Å². The van der Waals surface area contributed by atoms with Crippen LogP contribution >= 0.6 is 0 Å². The number of nitrogens with zero attached hydrogens (tertiary/aromatic N) is 2. The van der Waals surface area contributed by atoms with E-state index >= 15 is 0 Å². The highest BCUT2D eigenvalue weighted by Crippen LogP contribution is 2.31. The molecule has 0 unspecified atom stereocenters. The lowest BCUT2D eigenvalue weighted by molar-refractivity contribution is 0.0974. The van der Waals surface area contributed by atoms with E-state index in [9.17, 15) is 9.59 Å². The monoisotopic (exact) mass is 441 g/mol. The molecule has 3 aromatic rings. The van der Waals surface area contributed by atoms with Crippen LogP contribution in [0.3, 0.4) is 0 Å². The molecular formula is C25H23N5O3. The summed E-state index contributed by atoms with van der Waals surface area (Å²) in [6, 6.07) is 13.7. The van der Waals surface area contributed by atoms with Gasteiger partial charge in [-0.2, -0.15) is 0 Å². The van der Waals surface area contributed by atoms with E-state index in [1.807, 2.05) is 24.3 Å². The minimum Gasteiger partial charge on any atom is -0.496 e. The number of ether oxygens (including phenoxy) is 1. The summed E-state index contributed by atoms with van der Waals surface area (Å²) in [4.78, 5) is 31.1. The van der Waals surface area contributed by atoms with Crippen LogP contribution in [0, 0.1) is 17.8 Å². The van der Waals surface area contributed by atoms with Gasteiger partial charge in [0, 0.05) is 31.4 Å². The van der Waals surface area contributed by atoms with Crippen molar-refractivity contribution in [2.75, 3.05) is 26.5 Å². The highest BCUT2D eigenvalue weighted by Gasteiger charge is 2.22. The van der Waals surface area contributed by atoms with E-state index in [0.29, 0.717) is 17.0 Å². The molecule has 0 fully saturated rings. The van der Waals surface area contributed by atoms with Crippen LogP contribution in [0.25, 0.3) is 11.1 Å². The topological polar surface area (TPSA) is 121 Å². The Morgan fingerprint density at radius 1 is 1.12 bits per heavy atom. The van der Waals surface area contributed by atoms with Crippen LogP contribution in [0.2, 0.25) is 0 Å². The maximum atomic E-state index is 13.1. The highest BCUT2D eigenvalue weighted by atomic mass is 16.5. The van der Waals surface area contributed by atoms with Crippen molar-refractivity contribution in [3.8, 4) is 29.2 Å². The SMILES string of the molecule is C#Cc1ccc(NC(=O)c2cc(-c3ccc(C(=N)N(C)C)cc3)cc(OC)c2C(N)=O)nc1. The van der Waals surface area contributed by atoms with E-state index in [0.717, 1.165) is 11.1 Å². The van der Waals surface area contributed by atoms with Gasteiger partial charge in [-0.05, 0) is 35.4 Å². The summed E-state index contributed by atoms with van der Waals surface area (Å²) >= 11 is 0. The van der Waals surface area contributed by atoms with Gasteiger partial charge in [0.25, 0.3) is 11.8 Å². The van der Waals surface area contributed by atoms with Crippen LogP contribution in [0.5, 0.6) is 5.75 Å². The van der Waals surface area contributed by atoms with Gasteiger partial charge in [-0.1, -0.05) is 30.2 Å². The molecule has 0 aliphatic rings. The Balaban J connectivity index is 2.04. The summed E-state index contributed by atoms with van der Waals surface area (Å²) in [5.74, 6) is 1.89. The average Bonchev–Trinajstić information content (AvgIpc) is 2.83. The molecule has 166 valence electrons. The highest BCUT2D eigenvalue weighted by molar-refractivity contribution is 6.13. The average molecular weight is 441 g/mol. The molecule has 0 saturated heterocycles. The Hall–Kier alpha value is -4.64. The molecule has 0 aliphatic heterocycles. The predicted octanol–water partition coefficient (Wildman–Crippen LogP) is 2.98. The summed E-state index contributed by atoms with van der Waals surface area (Å²) in [6.45, 7) is 0. The first-order valence-corrected chi connectivity index (χ1v) is 9.87. The van der Waals surface area contributed by atoms with Gasteiger partial charge < -0.3 is 20.7 Å². The standard InChI is InChI=1S/C25H23N5O3/c1-5-15-6-11-21(28-14-15)29-25(32)19-12-18(13-20(33-4)22(19)24(27)31)16-7-9-17(10-8-16)23(26)30(2)3/h1,6-14,26H,2-4H3,(H2,27,31)(H,28,29,32). The second-order valence-electron chi connectivity index (χ2n) is 7.32. The lowest BCUT2D eigenvalue weighted by atomic mass is 9.96. The van der Waals surface area contributed by atoms with E-state index < -0.39 is 11.8 Å². The molecule has 0 radical (unpaired) electrons. The van der Waals surface area contributed by atoms with E-state index in [1.165, 1.54) is 13.3 Å². The quantitative estimate of drug-likeness (QED) is 0.308. The zero-order valence-electron chi connectivity index (χ0n) is 18.5. The molecule has 8 nitrogen and oxygen atoms in total. The number of carbonyl (C=O) groups is 2. The molecule has 0 aliphatic carbocycles. The van der Waals surface area contributed by atoms with Crippen molar-refractivity contribution in [1.29, 1.82) is 5.41 Å². The summed E-state index contributed by atoms with van der Waals surface area (Å²) in [5, 5.41) is 10.8. The van der Waals surface area contributed by atoms with Crippen LogP contribution in [-0.2, 0) is 0 Å². The fourth-order valence-electron chi connectivity index (χ4n) is 3.19. The van der Waals surface area contributed by atoms with Gasteiger partial charge >= 0.3 is 0 Å². The first kappa shape index (κ1) is 23.0. The van der Waals surface area contributed by atoms with Gasteiger partial charge in [-0.3, -0.25) is 15.0 Å². The Labute approximate surface area is 191 Å². The number of carbonyl (C=O) groups excluding carboxylic acids is 2. The third-order valence-electron chi connectivity index (χ3n) is 4.92. The number of hydrogen-bond acceptors (Lipinski definition) is 5. The second kappa shape index (κ2) is 9.66. The second-order valence-corrected chi connectivity index (χ2v) is 7.32. The molecule has 0 saturated carbocycles. The molecule has 1 aromatic heterocycles. The molecule has 4 N–H and O–H groups in total. The van der Waals surface area contributed by atoms with Crippen molar-refractivity contribution in [3.63, 3.8) is 0 Å². The number of pyridine rings is 1. The van der Waals surface area contributed by atoms with E-state index in [2.05, 4.69) is 16.2 Å². The minimum absolute atomic E-state index is 0.0370. The van der Waals surface area contributed by atoms with Crippen LogP contribution in [0.1, 0.15) is 31.8 Å². The maximum Gasteiger partial charge on any atom is 0.257 e. The molecule has 2 aromatic carbocycles. The number of nitrogens with one attached hydrogen (secondary N) is 2. The van der Waals surface area contributed by atoms with Crippen molar-refractivity contribution >= 4 is 23.5 Å². The number of primary amides is 1. The van der Waals surface area contributed by atoms with Crippen molar-refractivity contribution in [2.24, 2.45) is 5.73 Å². The lowest BCUT2D eigenvalue weighted by Crippen LogP contribution is -2.22. The zero-order chi connectivity index (χ0) is 24.1. The van der Waals surface area contributed by atoms with Crippen LogP contribution in [-0.4, -0.2) is 48.7 Å². The van der Waals surface area contributed by atoms with Gasteiger partial charge in [-0.25, -0.2) is 4.98 Å². The summed E-state index contributed by atoms with van der Waals surface area (Å²) in [5.41, 5.74) is 8.29. The Morgan fingerprint density at radius 3 is 2.33 bits per heavy atom. The molecule has 2 amide bonds. The molecule has 8 heteroatoms. The lowest BCUT2D eigenvalue weighted by Gasteiger charge is -2.16. The summed E-state index contributed by atoms with van der Waals surface area (Å²) in [6.07, 6.45) is 6.79. The molecule has 1 heterocycles. The fraction of sp³-hybridized carbons (Fsp3) is 0.120. The number of anilines is 1. The normalized spacial score (nSPS) is 10.1. The van der Waals surface area contributed by atoms with E-state index in [4.69, 9.17) is 22.3 Å². The summed E-state index contributed by atoms with van der Waals surface area (Å²) in [7, 11) is 4.99. The van der Waals surface area contributed by atoms with Gasteiger partial charge in [0.15, 0.2) is 0 Å². The molecule has 0 atom stereocenters. The van der Waals surface area contributed by atoms with Crippen molar-refractivity contribution in [1.82, 2.24) is 9.88 Å². The smallest absolute Gasteiger partial charge is 0.257 e. The number of methoxy groups -OCH3 is 1. The number of nitrogens with two attached hydrogens (primary N) is 1. The number of hydrogen-bond donors (Lipinski definition) is 3. The number of amidine groups is 1. The first-order valence-electron chi connectivity index (χ1n) is 9.87. The number of benzene rings is 2. The van der Waals surface area contributed by atoms with Crippen LogP contribution < -0.4 is 15.8 Å². The third kappa shape index (κ3) is 4.99. The number of terminal acetylenes is 1. The Bertz CT molecular complexity index is 1260. The molecule has 0 spiro atoms. The third-order valence-corrected chi connectivity index (χ3v) is 4.92. The molecular weight excluding hydrogens is 418 g/mol. The number of rotatable bonds is 6. The summed E-state index contributed by atoms with van der Waals surface area (Å²) < 4.78 is 5.37. The van der Waals surface area contributed by atoms with Gasteiger partial charge in [0.2, 0.25) is 0 Å². The molecule has 33 heavy (non-hydrogen) atoms. The van der Waals surface area contributed by atoms with Crippen LogP contribution in [0.4, 0.5) is 5.82 Å². The van der Waals surface area contributed by atoms with E-state index in [1.54, 1.807) is 43.3 Å². The zero-order valence-corrected chi connectivity index (χ0v) is 18.5. The Kier molecular flexibility index (Phi) is 6.74. The maximum absolute atomic E-state index is 13.1. The Morgan fingerprint density at radius 2 is 1.82 bits per heavy atom. The van der Waals surface area contributed by atoms with Crippen LogP contribution in [0.15, 0.2) is 54.7 Å². The number of aromatic nitrogens is 1. The van der Waals surface area contributed by atoms with Gasteiger partial charge in [0.05, 0.1) is 18.2 Å². The number of amides is 2. The molecule has 3 rings (SSSR count). The van der Waals surface area contributed by atoms with Crippen molar-refractivity contribution < 1.29 is 14.3 Å². The fourth-order valence-corrected chi connectivity index (χ4v) is 3.19.